The summed E-state index contributed by atoms with van der Waals surface area (Å²) < 4.78 is 11.7. The van der Waals surface area contributed by atoms with E-state index < -0.39 is 17.9 Å². The molecule has 144 valence electrons. The summed E-state index contributed by atoms with van der Waals surface area (Å²) in [6.07, 6.45) is -0.276. The first-order valence-electron chi connectivity index (χ1n) is 8.29. The monoisotopic (exact) mass is 454 g/mol. The standard InChI is InChI=1S/C19H20BrClN2O4/c1-3-15(27-16-7-5-4-6-12(16)2)19(25)23-22-18(24)11-26-17-9-8-13(21)10-14(17)20/h4-10,15H,3,11H2,1-2H3,(H,22,24)(H,23,25). The van der Waals surface area contributed by atoms with Crippen LogP contribution in [0.5, 0.6) is 11.5 Å². The van der Waals surface area contributed by atoms with Gasteiger partial charge in [0.05, 0.1) is 4.47 Å². The molecule has 27 heavy (non-hydrogen) atoms. The lowest BCUT2D eigenvalue weighted by Gasteiger charge is -2.18. The zero-order valence-electron chi connectivity index (χ0n) is 14.9. The van der Waals surface area contributed by atoms with Gasteiger partial charge in [-0.3, -0.25) is 20.4 Å². The van der Waals surface area contributed by atoms with Gasteiger partial charge in [-0.25, -0.2) is 0 Å². The number of halogens is 2. The minimum Gasteiger partial charge on any atom is -0.483 e. The number of amides is 2. The normalized spacial score (nSPS) is 11.4. The van der Waals surface area contributed by atoms with E-state index in [1.807, 2.05) is 32.0 Å². The molecule has 2 N–H and O–H groups in total. The van der Waals surface area contributed by atoms with Gasteiger partial charge in [-0.2, -0.15) is 0 Å². The average Bonchev–Trinajstić information content (AvgIpc) is 2.64. The Labute approximate surface area is 171 Å². The molecule has 0 heterocycles. The van der Waals surface area contributed by atoms with Gasteiger partial charge in [0.15, 0.2) is 12.7 Å². The minimum absolute atomic E-state index is 0.268. The molecule has 0 aliphatic carbocycles. The van der Waals surface area contributed by atoms with Gasteiger partial charge in [-0.05, 0) is 59.1 Å². The largest absolute Gasteiger partial charge is 0.483 e. The summed E-state index contributed by atoms with van der Waals surface area (Å²) in [4.78, 5) is 24.1. The highest BCUT2D eigenvalue weighted by Gasteiger charge is 2.19. The van der Waals surface area contributed by atoms with Crippen LogP contribution in [-0.2, 0) is 9.59 Å². The third-order valence-corrected chi connectivity index (χ3v) is 4.46. The van der Waals surface area contributed by atoms with Crippen molar-refractivity contribution in [2.24, 2.45) is 0 Å². The molecule has 0 saturated heterocycles. The molecule has 1 unspecified atom stereocenters. The number of aryl methyl sites for hydroxylation is 1. The predicted molar refractivity (Wildman–Crippen MR) is 107 cm³/mol. The first-order chi connectivity index (χ1) is 12.9. The second kappa shape index (κ2) is 10.2. The van der Waals surface area contributed by atoms with E-state index in [4.69, 9.17) is 21.1 Å². The van der Waals surface area contributed by atoms with E-state index in [1.165, 1.54) is 0 Å². The average molecular weight is 456 g/mol. The van der Waals surface area contributed by atoms with Crippen molar-refractivity contribution in [3.8, 4) is 11.5 Å². The lowest BCUT2D eigenvalue weighted by molar-refractivity contribution is -0.134. The first kappa shape index (κ1) is 21.1. The van der Waals surface area contributed by atoms with Crippen molar-refractivity contribution in [1.29, 1.82) is 0 Å². The minimum atomic E-state index is -0.724. The molecule has 0 spiro atoms. The van der Waals surface area contributed by atoms with Crippen molar-refractivity contribution in [1.82, 2.24) is 10.9 Å². The quantitative estimate of drug-likeness (QED) is 0.623. The highest BCUT2D eigenvalue weighted by Crippen LogP contribution is 2.27. The molecule has 6 nitrogen and oxygen atoms in total. The molecule has 2 amide bonds. The number of hydrazine groups is 1. The molecule has 2 rings (SSSR count). The molecule has 0 bridgehead atoms. The summed E-state index contributed by atoms with van der Waals surface area (Å²) in [5, 5.41) is 0.546. The van der Waals surface area contributed by atoms with Crippen molar-refractivity contribution < 1.29 is 19.1 Å². The van der Waals surface area contributed by atoms with Crippen molar-refractivity contribution in [2.45, 2.75) is 26.4 Å². The Hall–Kier alpha value is -2.25. The van der Waals surface area contributed by atoms with Gasteiger partial charge >= 0.3 is 0 Å². The fourth-order valence-electron chi connectivity index (χ4n) is 2.15. The van der Waals surface area contributed by atoms with Crippen LogP contribution in [0.2, 0.25) is 5.02 Å². The summed E-state index contributed by atoms with van der Waals surface area (Å²) in [7, 11) is 0. The van der Waals surface area contributed by atoms with Crippen LogP contribution in [0.3, 0.4) is 0 Å². The molecule has 0 aliphatic rings. The van der Waals surface area contributed by atoms with Gasteiger partial charge in [0.25, 0.3) is 11.8 Å². The molecule has 2 aromatic carbocycles. The van der Waals surface area contributed by atoms with Crippen LogP contribution < -0.4 is 20.3 Å². The Kier molecular flexibility index (Phi) is 7.94. The summed E-state index contributed by atoms with van der Waals surface area (Å²) >= 11 is 9.15. The maximum absolute atomic E-state index is 12.2. The fraction of sp³-hybridized carbons (Fsp3) is 0.263. The summed E-state index contributed by atoms with van der Waals surface area (Å²) in [6, 6.07) is 12.4. The topological polar surface area (TPSA) is 76.7 Å². The highest BCUT2D eigenvalue weighted by atomic mass is 79.9. The van der Waals surface area contributed by atoms with Crippen LogP contribution in [0, 0.1) is 6.92 Å². The summed E-state index contributed by atoms with van der Waals surface area (Å²) in [5.74, 6) is 0.148. The molecule has 0 radical (unpaired) electrons. The van der Waals surface area contributed by atoms with Crippen molar-refractivity contribution >= 4 is 39.3 Å². The van der Waals surface area contributed by atoms with Crippen LogP contribution >= 0.6 is 27.5 Å². The van der Waals surface area contributed by atoms with Gasteiger partial charge < -0.3 is 9.47 Å². The van der Waals surface area contributed by atoms with Crippen molar-refractivity contribution in [3.63, 3.8) is 0 Å². The predicted octanol–water partition coefficient (Wildman–Crippen LogP) is 3.79. The molecule has 2 aromatic rings. The number of hydrogen-bond donors (Lipinski definition) is 2. The number of para-hydroxylation sites is 1. The van der Waals surface area contributed by atoms with Crippen molar-refractivity contribution in [3.05, 3.63) is 57.5 Å². The van der Waals surface area contributed by atoms with E-state index in [0.717, 1.165) is 5.56 Å². The third-order valence-electron chi connectivity index (χ3n) is 3.60. The van der Waals surface area contributed by atoms with E-state index in [1.54, 1.807) is 24.3 Å². The summed E-state index contributed by atoms with van der Waals surface area (Å²) in [6.45, 7) is 3.45. The second-order valence-electron chi connectivity index (χ2n) is 5.68. The van der Waals surface area contributed by atoms with Gasteiger partial charge in [0.1, 0.15) is 11.5 Å². The van der Waals surface area contributed by atoms with Crippen molar-refractivity contribution in [2.75, 3.05) is 6.61 Å². The number of rotatable bonds is 7. The molecule has 0 aliphatic heterocycles. The van der Waals surface area contributed by atoms with E-state index in [0.29, 0.717) is 27.4 Å². The van der Waals surface area contributed by atoms with E-state index in [-0.39, 0.29) is 6.61 Å². The van der Waals surface area contributed by atoms with E-state index in [9.17, 15) is 9.59 Å². The van der Waals surface area contributed by atoms with Crippen LogP contribution in [0.1, 0.15) is 18.9 Å². The van der Waals surface area contributed by atoms with Crippen LogP contribution in [0.15, 0.2) is 46.9 Å². The molecular weight excluding hydrogens is 436 g/mol. The Balaban J connectivity index is 1.82. The maximum Gasteiger partial charge on any atom is 0.279 e. The zero-order valence-corrected chi connectivity index (χ0v) is 17.3. The first-order valence-corrected chi connectivity index (χ1v) is 9.46. The molecular formula is C19H20BrClN2O4. The number of benzene rings is 2. The fourth-order valence-corrected chi connectivity index (χ4v) is 2.94. The smallest absolute Gasteiger partial charge is 0.279 e. The van der Waals surface area contributed by atoms with Crippen LogP contribution in [0.25, 0.3) is 0 Å². The molecule has 0 fully saturated rings. The van der Waals surface area contributed by atoms with Crippen LogP contribution in [0.4, 0.5) is 0 Å². The lowest BCUT2D eigenvalue weighted by atomic mass is 10.2. The molecule has 0 aromatic heterocycles. The van der Waals surface area contributed by atoms with E-state index >= 15 is 0 Å². The van der Waals surface area contributed by atoms with Gasteiger partial charge in [0.2, 0.25) is 0 Å². The summed E-state index contributed by atoms with van der Waals surface area (Å²) in [5.41, 5.74) is 5.60. The zero-order chi connectivity index (χ0) is 19.8. The third kappa shape index (κ3) is 6.45. The Bertz CT molecular complexity index is 816. The Morgan fingerprint density at radius 3 is 2.56 bits per heavy atom. The second-order valence-corrected chi connectivity index (χ2v) is 6.97. The highest BCUT2D eigenvalue weighted by molar-refractivity contribution is 9.10. The van der Waals surface area contributed by atoms with E-state index in [2.05, 4.69) is 26.8 Å². The Morgan fingerprint density at radius 1 is 1.15 bits per heavy atom. The molecule has 8 heteroatoms. The van der Waals surface area contributed by atoms with Gasteiger partial charge in [-0.1, -0.05) is 36.7 Å². The SMILES string of the molecule is CCC(Oc1ccccc1C)C(=O)NNC(=O)COc1ccc(Cl)cc1Br. The molecule has 1 atom stereocenters. The maximum atomic E-state index is 12.2. The van der Waals surface area contributed by atoms with Gasteiger partial charge in [-0.15, -0.1) is 0 Å². The molecule has 0 saturated carbocycles. The number of hydrogen-bond acceptors (Lipinski definition) is 4. The van der Waals surface area contributed by atoms with Gasteiger partial charge in [0, 0.05) is 5.02 Å². The number of nitrogens with one attached hydrogen (secondary N) is 2. The Morgan fingerprint density at radius 2 is 1.89 bits per heavy atom. The number of carbonyl (C=O) groups is 2. The lowest BCUT2D eigenvalue weighted by Crippen LogP contribution is -2.49. The number of carbonyl (C=O) groups excluding carboxylic acids is 2. The number of ether oxygens (including phenoxy) is 2. The van der Waals surface area contributed by atoms with Crippen LogP contribution in [-0.4, -0.2) is 24.5 Å².